The third-order valence-corrected chi connectivity index (χ3v) is 4.95. The summed E-state index contributed by atoms with van der Waals surface area (Å²) in [5.41, 5.74) is 2.46. The fraction of sp³-hybridized carbons (Fsp3) is 0.111. The van der Waals surface area contributed by atoms with Gasteiger partial charge in [0.15, 0.2) is 11.7 Å². The number of ether oxygens (including phenoxy) is 1. The second-order valence-corrected chi connectivity index (χ2v) is 7.33. The van der Waals surface area contributed by atoms with Crippen molar-refractivity contribution in [2.45, 2.75) is 6.92 Å². The number of anilines is 1. The number of hydrogen-bond acceptors (Lipinski definition) is 6. The molecule has 7 nitrogen and oxygen atoms in total. The van der Waals surface area contributed by atoms with E-state index in [2.05, 4.69) is 26.2 Å². The van der Waals surface area contributed by atoms with Crippen LogP contribution in [0.4, 0.5) is 10.8 Å². The Morgan fingerprint density at radius 1 is 1.30 bits per heavy atom. The lowest BCUT2D eigenvalue weighted by Crippen LogP contribution is -2.20. The maximum Gasteiger partial charge on any atom is 0.269 e. The smallest absolute Gasteiger partial charge is 0.269 e. The Balaban J connectivity index is 1.59. The van der Waals surface area contributed by atoms with E-state index >= 15 is 0 Å². The van der Waals surface area contributed by atoms with Crippen LogP contribution >= 0.6 is 27.3 Å². The summed E-state index contributed by atoms with van der Waals surface area (Å²) in [7, 11) is 0. The molecule has 0 saturated heterocycles. The van der Waals surface area contributed by atoms with Gasteiger partial charge in [0.2, 0.25) is 0 Å². The molecule has 3 rings (SSSR count). The van der Waals surface area contributed by atoms with Crippen molar-refractivity contribution in [3.63, 3.8) is 0 Å². The monoisotopic (exact) mass is 447 g/mol. The number of thiazole rings is 1. The van der Waals surface area contributed by atoms with Crippen LogP contribution in [0.3, 0.4) is 0 Å². The first-order valence-electron chi connectivity index (χ1n) is 7.81. The van der Waals surface area contributed by atoms with Crippen LogP contribution in [0.2, 0.25) is 0 Å². The number of carbonyl (C=O) groups is 1. The highest BCUT2D eigenvalue weighted by Gasteiger charge is 2.11. The number of hydrogen-bond donors (Lipinski definition) is 1. The number of halogens is 1. The third kappa shape index (κ3) is 4.89. The van der Waals surface area contributed by atoms with Crippen LogP contribution in [0.5, 0.6) is 5.75 Å². The van der Waals surface area contributed by atoms with Crippen LogP contribution in [0.1, 0.15) is 5.56 Å². The van der Waals surface area contributed by atoms with E-state index in [0.29, 0.717) is 16.6 Å². The summed E-state index contributed by atoms with van der Waals surface area (Å²) >= 11 is 4.67. The summed E-state index contributed by atoms with van der Waals surface area (Å²) in [6.07, 6.45) is 0. The van der Waals surface area contributed by atoms with Crippen LogP contribution < -0.4 is 10.1 Å². The first-order chi connectivity index (χ1) is 12.9. The van der Waals surface area contributed by atoms with Gasteiger partial charge in [0.1, 0.15) is 5.75 Å². The first-order valence-corrected chi connectivity index (χ1v) is 9.49. The number of aryl methyl sites for hydroxylation is 1. The van der Waals surface area contributed by atoms with Gasteiger partial charge >= 0.3 is 0 Å². The number of nitro groups is 1. The zero-order valence-corrected chi connectivity index (χ0v) is 16.5. The number of carbonyl (C=O) groups excluding carboxylic acids is 1. The van der Waals surface area contributed by atoms with E-state index in [1.54, 1.807) is 23.6 Å². The topological polar surface area (TPSA) is 94.4 Å². The highest BCUT2D eigenvalue weighted by atomic mass is 79.9. The van der Waals surface area contributed by atoms with Crippen molar-refractivity contribution >= 4 is 44.0 Å². The van der Waals surface area contributed by atoms with Crippen LogP contribution in [-0.4, -0.2) is 22.4 Å². The molecule has 0 atom stereocenters. The van der Waals surface area contributed by atoms with Crippen molar-refractivity contribution in [1.82, 2.24) is 4.98 Å². The molecule has 0 spiro atoms. The summed E-state index contributed by atoms with van der Waals surface area (Å²) < 4.78 is 6.29. The summed E-state index contributed by atoms with van der Waals surface area (Å²) in [5.74, 6) is 0.258. The number of benzene rings is 2. The average molecular weight is 448 g/mol. The molecular weight excluding hydrogens is 434 g/mol. The zero-order chi connectivity index (χ0) is 19.4. The zero-order valence-electron chi connectivity index (χ0n) is 14.1. The SMILES string of the molecule is Cc1ccc(OCC(=O)Nc2nc(-c3ccc([N+](=O)[O-])cc3)cs2)c(Br)c1. The molecule has 1 amide bonds. The van der Waals surface area contributed by atoms with E-state index in [0.717, 1.165) is 15.6 Å². The van der Waals surface area contributed by atoms with E-state index in [-0.39, 0.29) is 18.2 Å². The number of nitro benzene ring substituents is 1. The van der Waals surface area contributed by atoms with Crippen LogP contribution in [0.25, 0.3) is 11.3 Å². The van der Waals surface area contributed by atoms with Crippen LogP contribution in [0.15, 0.2) is 52.3 Å². The molecule has 0 aliphatic rings. The fourth-order valence-corrected chi connectivity index (χ4v) is 3.58. The number of nitrogens with zero attached hydrogens (tertiary/aromatic N) is 2. The van der Waals surface area contributed by atoms with E-state index in [4.69, 9.17) is 4.74 Å². The van der Waals surface area contributed by atoms with Gasteiger partial charge in [0.05, 0.1) is 15.1 Å². The lowest BCUT2D eigenvalue weighted by Gasteiger charge is -2.08. The Kier molecular flexibility index (Phi) is 5.82. The summed E-state index contributed by atoms with van der Waals surface area (Å²) in [5, 5.41) is 15.6. The van der Waals surface area contributed by atoms with Gasteiger partial charge < -0.3 is 4.74 Å². The predicted octanol–water partition coefficient (Wildman–Crippen LogP) is 4.81. The van der Waals surface area contributed by atoms with E-state index < -0.39 is 4.92 Å². The molecule has 27 heavy (non-hydrogen) atoms. The molecule has 9 heteroatoms. The Morgan fingerprint density at radius 3 is 2.70 bits per heavy atom. The molecule has 0 fully saturated rings. The molecule has 2 aromatic carbocycles. The maximum atomic E-state index is 12.1. The van der Waals surface area contributed by atoms with Gasteiger partial charge in [-0.2, -0.15) is 0 Å². The Labute approximate surface area is 167 Å². The Morgan fingerprint density at radius 2 is 2.04 bits per heavy atom. The van der Waals surface area contributed by atoms with Gasteiger partial charge in [-0.15, -0.1) is 11.3 Å². The van der Waals surface area contributed by atoms with Crippen LogP contribution in [-0.2, 0) is 4.79 Å². The number of aromatic nitrogens is 1. The number of rotatable bonds is 6. The highest BCUT2D eigenvalue weighted by molar-refractivity contribution is 9.10. The highest BCUT2D eigenvalue weighted by Crippen LogP contribution is 2.27. The van der Waals surface area contributed by atoms with Crippen molar-refractivity contribution in [1.29, 1.82) is 0 Å². The molecule has 1 N–H and O–H groups in total. The van der Waals surface area contributed by atoms with Gasteiger partial charge in [0, 0.05) is 23.1 Å². The Hall–Kier alpha value is -2.78. The molecule has 0 bridgehead atoms. The van der Waals surface area contributed by atoms with Gasteiger partial charge in [-0.25, -0.2) is 4.98 Å². The molecule has 0 radical (unpaired) electrons. The van der Waals surface area contributed by atoms with Crippen LogP contribution in [0, 0.1) is 17.0 Å². The fourth-order valence-electron chi connectivity index (χ4n) is 2.24. The number of nitrogens with one attached hydrogen (secondary N) is 1. The number of non-ortho nitro benzene ring substituents is 1. The second-order valence-electron chi connectivity index (χ2n) is 5.61. The van der Waals surface area contributed by atoms with E-state index in [1.807, 2.05) is 19.1 Å². The molecule has 0 unspecified atom stereocenters. The summed E-state index contributed by atoms with van der Waals surface area (Å²) in [6, 6.07) is 11.7. The van der Waals surface area contributed by atoms with Gasteiger partial charge in [-0.3, -0.25) is 20.2 Å². The lowest BCUT2D eigenvalue weighted by atomic mass is 10.1. The molecule has 1 heterocycles. The number of amides is 1. The quantitative estimate of drug-likeness (QED) is 0.432. The largest absolute Gasteiger partial charge is 0.483 e. The van der Waals surface area contributed by atoms with Crippen molar-refractivity contribution in [2.24, 2.45) is 0 Å². The van der Waals surface area contributed by atoms with Gasteiger partial charge in [-0.05, 0) is 52.7 Å². The lowest BCUT2D eigenvalue weighted by molar-refractivity contribution is -0.384. The molecule has 0 aliphatic heterocycles. The minimum atomic E-state index is -0.455. The van der Waals surface area contributed by atoms with E-state index in [9.17, 15) is 14.9 Å². The minimum absolute atomic E-state index is 0.0157. The average Bonchev–Trinajstić information content (AvgIpc) is 3.09. The normalized spacial score (nSPS) is 10.4. The standard InChI is InChI=1S/C18H14BrN3O4S/c1-11-2-7-16(14(19)8-11)26-9-17(23)21-18-20-15(10-27-18)12-3-5-13(6-4-12)22(24)25/h2-8,10H,9H2,1H3,(H,20,21,23). The molecule has 1 aromatic heterocycles. The molecule has 0 saturated carbocycles. The summed E-state index contributed by atoms with van der Waals surface area (Å²) in [4.78, 5) is 26.7. The first kappa shape index (κ1) is 19.0. The van der Waals surface area contributed by atoms with Crippen molar-refractivity contribution < 1.29 is 14.5 Å². The molecule has 3 aromatic rings. The maximum absolute atomic E-state index is 12.1. The van der Waals surface area contributed by atoms with Gasteiger partial charge in [-0.1, -0.05) is 6.07 Å². The molecule has 0 aliphatic carbocycles. The molecular formula is C18H14BrN3O4S. The molecule has 138 valence electrons. The second kappa shape index (κ2) is 8.28. The van der Waals surface area contributed by atoms with Crippen molar-refractivity contribution in [3.8, 4) is 17.0 Å². The third-order valence-electron chi connectivity index (χ3n) is 3.57. The summed E-state index contributed by atoms with van der Waals surface area (Å²) in [6.45, 7) is 1.82. The van der Waals surface area contributed by atoms with Gasteiger partial charge in [0.25, 0.3) is 11.6 Å². The van der Waals surface area contributed by atoms with Crippen molar-refractivity contribution in [2.75, 3.05) is 11.9 Å². The Bertz CT molecular complexity index is 989. The van der Waals surface area contributed by atoms with Crippen molar-refractivity contribution in [3.05, 3.63) is 68.0 Å². The minimum Gasteiger partial charge on any atom is -0.483 e. The predicted molar refractivity (Wildman–Crippen MR) is 107 cm³/mol. The van der Waals surface area contributed by atoms with E-state index in [1.165, 1.54) is 23.5 Å².